The highest BCUT2D eigenvalue weighted by Gasteiger charge is 2.30. The van der Waals surface area contributed by atoms with Crippen LogP contribution >= 0.6 is 0 Å². The molecule has 1 aromatic rings. The van der Waals surface area contributed by atoms with Gasteiger partial charge in [-0.15, -0.1) is 0 Å². The fraction of sp³-hybridized carbons (Fsp3) is 0.417. The maximum absolute atomic E-state index is 11.4. The first-order valence-electron chi connectivity index (χ1n) is 5.70. The zero-order valence-corrected chi connectivity index (χ0v) is 9.60. The lowest BCUT2D eigenvalue weighted by Crippen LogP contribution is -2.31. The average molecular weight is 235 g/mol. The van der Waals surface area contributed by atoms with Crippen molar-refractivity contribution in [1.82, 2.24) is 0 Å². The van der Waals surface area contributed by atoms with E-state index in [2.05, 4.69) is 0 Å². The van der Waals surface area contributed by atoms with Crippen LogP contribution in [0, 0.1) is 0 Å². The molecule has 0 spiro atoms. The molecular weight excluding hydrogens is 218 g/mol. The van der Waals surface area contributed by atoms with Crippen LogP contribution in [0.5, 0.6) is 0 Å². The summed E-state index contributed by atoms with van der Waals surface area (Å²) >= 11 is 0. The number of hydrogen-bond acceptors (Lipinski definition) is 4. The van der Waals surface area contributed by atoms with E-state index < -0.39 is 5.91 Å². The van der Waals surface area contributed by atoms with Crippen LogP contribution in [0.2, 0.25) is 0 Å². The number of amides is 1. The first kappa shape index (κ1) is 11.7. The molecule has 2 rings (SSSR count). The predicted octanol–water partition coefficient (Wildman–Crippen LogP) is 0.329. The van der Waals surface area contributed by atoms with Crippen LogP contribution in [0.25, 0.3) is 0 Å². The molecule has 1 aliphatic carbocycles. The number of aliphatic hydroxyl groups is 1. The Hall–Kier alpha value is -1.75. The second kappa shape index (κ2) is 4.63. The molecule has 5 heteroatoms. The lowest BCUT2D eigenvalue weighted by molar-refractivity contribution is 0.100. The molecule has 0 aromatic heterocycles. The van der Waals surface area contributed by atoms with Crippen LogP contribution in [-0.4, -0.2) is 30.2 Å². The Morgan fingerprint density at radius 2 is 2.18 bits per heavy atom. The quantitative estimate of drug-likeness (QED) is 0.641. The largest absolute Gasteiger partial charge is 0.399 e. The molecule has 0 bridgehead atoms. The van der Waals surface area contributed by atoms with E-state index >= 15 is 0 Å². The lowest BCUT2D eigenvalue weighted by atomic mass is 10.1. The molecule has 0 saturated heterocycles. The van der Waals surface area contributed by atoms with Gasteiger partial charge in [0.05, 0.1) is 17.9 Å². The van der Waals surface area contributed by atoms with Gasteiger partial charge in [-0.3, -0.25) is 4.79 Å². The van der Waals surface area contributed by atoms with Crippen molar-refractivity contribution in [3.63, 3.8) is 0 Å². The highest BCUT2D eigenvalue weighted by molar-refractivity contribution is 5.99. The number of nitrogen functional groups attached to an aromatic ring is 1. The van der Waals surface area contributed by atoms with Crippen molar-refractivity contribution in [3.05, 3.63) is 23.8 Å². The van der Waals surface area contributed by atoms with Crippen LogP contribution in [-0.2, 0) is 0 Å². The number of primary amides is 1. The number of carbonyl (C=O) groups excluding carboxylic acids is 1. The third-order valence-electron chi connectivity index (χ3n) is 2.93. The van der Waals surface area contributed by atoms with Gasteiger partial charge in [0.1, 0.15) is 0 Å². The minimum atomic E-state index is -0.469. The Kier molecular flexibility index (Phi) is 3.19. The molecule has 0 heterocycles. The van der Waals surface area contributed by atoms with Crippen molar-refractivity contribution >= 4 is 17.3 Å². The number of aliphatic hydroxyl groups excluding tert-OH is 1. The number of hydrogen-bond donors (Lipinski definition) is 3. The van der Waals surface area contributed by atoms with E-state index in [4.69, 9.17) is 16.6 Å². The Balaban J connectivity index is 2.39. The molecule has 5 N–H and O–H groups in total. The van der Waals surface area contributed by atoms with Crippen molar-refractivity contribution < 1.29 is 9.90 Å². The molecule has 0 aliphatic heterocycles. The molecule has 0 unspecified atom stereocenters. The van der Waals surface area contributed by atoms with Crippen LogP contribution in [0.15, 0.2) is 18.2 Å². The molecule has 17 heavy (non-hydrogen) atoms. The number of rotatable bonds is 5. The van der Waals surface area contributed by atoms with Crippen LogP contribution in [0.3, 0.4) is 0 Å². The monoisotopic (exact) mass is 235 g/mol. The Morgan fingerprint density at radius 3 is 2.71 bits per heavy atom. The Bertz CT molecular complexity index is 430. The van der Waals surface area contributed by atoms with Gasteiger partial charge in [-0.25, -0.2) is 0 Å². The SMILES string of the molecule is NC(=O)c1ccc(N)cc1N(CCO)C1CC1. The van der Waals surface area contributed by atoms with Crippen LogP contribution in [0.1, 0.15) is 23.2 Å². The van der Waals surface area contributed by atoms with Gasteiger partial charge < -0.3 is 21.5 Å². The van der Waals surface area contributed by atoms with Crippen molar-refractivity contribution in [2.24, 2.45) is 5.73 Å². The third-order valence-corrected chi connectivity index (χ3v) is 2.93. The molecular formula is C12H17N3O2. The maximum atomic E-state index is 11.4. The second-order valence-corrected chi connectivity index (χ2v) is 4.29. The second-order valence-electron chi connectivity index (χ2n) is 4.29. The number of nitrogens with zero attached hydrogens (tertiary/aromatic N) is 1. The van der Waals surface area contributed by atoms with Gasteiger partial charge in [0, 0.05) is 18.3 Å². The summed E-state index contributed by atoms with van der Waals surface area (Å²) in [6.07, 6.45) is 2.15. The minimum absolute atomic E-state index is 0.0451. The normalized spacial score (nSPS) is 14.6. The van der Waals surface area contributed by atoms with E-state index in [9.17, 15) is 4.79 Å². The molecule has 92 valence electrons. The molecule has 1 saturated carbocycles. The van der Waals surface area contributed by atoms with E-state index in [1.165, 1.54) is 0 Å². The molecule has 0 radical (unpaired) electrons. The van der Waals surface area contributed by atoms with Gasteiger partial charge >= 0.3 is 0 Å². The van der Waals surface area contributed by atoms with Crippen molar-refractivity contribution in [2.45, 2.75) is 18.9 Å². The summed E-state index contributed by atoms with van der Waals surface area (Å²) in [5.41, 5.74) is 12.9. The first-order chi connectivity index (χ1) is 8.13. The number of carbonyl (C=O) groups is 1. The lowest BCUT2D eigenvalue weighted by Gasteiger charge is -2.25. The summed E-state index contributed by atoms with van der Waals surface area (Å²) in [6.45, 7) is 0.540. The average Bonchev–Trinajstić information content (AvgIpc) is 3.09. The van der Waals surface area contributed by atoms with Crippen molar-refractivity contribution in [3.8, 4) is 0 Å². The number of anilines is 2. The summed E-state index contributed by atoms with van der Waals surface area (Å²) < 4.78 is 0. The number of nitrogens with two attached hydrogens (primary N) is 2. The van der Waals surface area contributed by atoms with E-state index in [1.807, 2.05) is 4.90 Å². The van der Waals surface area contributed by atoms with E-state index in [-0.39, 0.29) is 6.61 Å². The molecule has 1 fully saturated rings. The van der Waals surface area contributed by atoms with E-state index in [0.29, 0.717) is 23.8 Å². The Morgan fingerprint density at radius 1 is 1.47 bits per heavy atom. The smallest absolute Gasteiger partial charge is 0.250 e. The Labute approximate surface area is 100 Å². The summed E-state index contributed by atoms with van der Waals surface area (Å²) in [6, 6.07) is 5.43. The van der Waals surface area contributed by atoms with E-state index in [1.54, 1.807) is 18.2 Å². The summed E-state index contributed by atoms with van der Waals surface area (Å²) in [7, 11) is 0. The fourth-order valence-electron chi connectivity index (χ4n) is 1.99. The fourth-order valence-corrected chi connectivity index (χ4v) is 1.99. The topological polar surface area (TPSA) is 92.6 Å². The van der Waals surface area contributed by atoms with Gasteiger partial charge in [-0.1, -0.05) is 0 Å². The molecule has 1 aromatic carbocycles. The van der Waals surface area contributed by atoms with Gasteiger partial charge in [0.15, 0.2) is 0 Å². The van der Waals surface area contributed by atoms with E-state index in [0.717, 1.165) is 18.5 Å². The molecule has 1 amide bonds. The molecule has 0 atom stereocenters. The standard InChI is InChI=1S/C12H17N3O2/c13-8-1-4-10(12(14)17)11(7-8)15(5-6-16)9-2-3-9/h1,4,7,9,16H,2-3,5-6,13H2,(H2,14,17). The number of benzene rings is 1. The van der Waals surface area contributed by atoms with Crippen LogP contribution < -0.4 is 16.4 Å². The van der Waals surface area contributed by atoms with Crippen molar-refractivity contribution in [1.29, 1.82) is 0 Å². The first-order valence-corrected chi connectivity index (χ1v) is 5.70. The highest BCUT2D eigenvalue weighted by Crippen LogP contribution is 2.34. The van der Waals surface area contributed by atoms with Gasteiger partial charge in [-0.05, 0) is 31.0 Å². The third kappa shape index (κ3) is 2.50. The summed E-state index contributed by atoms with van der Waals surface area (Å²) in [5.74, 6) is -0.469. The van der Waals surface area contributed by atoms with Crippen molar-refractivity contribution in [2.75, 3.05) is 23.8 Å². The summed E-state index contributed by atoms with van der Waals surface area (Å²) in [4.78, 5) is 13.4. The molecule has 5 nitrogen and oxygen atoms in total. The van der Waals surface area contributed by atoms with Gasteiger partial charge in [0.2, 0.25) is 0 Å². The highest BCUT2D eigenvalue weighted by atomic mass is 16.3. The maximum Gasteiger partial charge on any atom is 0.250 e. The zero-order chi connectivity index (χ0) is 12.4. The minimum Gasteiger partial charge on any atom is -0.399 e. The van der Waals surface area contributed by atoms with Gasteiger partial charge in [0.25, 0.3) is 5.91 Å². The summed E-state index contributed by atoms with van der Waals surface area (Å²) in [5, 5.41) is 9.08. The predicted molar refractivity (Wildman–Crippen MR) is 66.8 cm³/mol. The van der Waals surface area contributed by atoms with Gasteiger partial charge in [-0.2, -0.15) is 0 Å². The molecule has 1 aliphatic rings. The zero-order valence-electron chi connectivity index (χ0n) is 9.60. The van der Waals surface area contributed by atoms with Crippen LogP contribution in [0.4, 0.5) is 11.4 Å².